The van der Waals surface area contributed by atoms with Crippen LogP contribution in [0.3, 0.4) is 0 Å². The number of aliphatic imine (C=N–C) groups is 1. The molecule has 0 aliphatic heterocycles. The Kier molecular flexibility index (Phi) is 11.3. The van der Waals surface area contributed by atoms with E-state index in [0.717, 1.165) is 37.6 Å². The Morgan fingerprint density at radius 2 is 1.57 bits per heavy atom. The number of hydrogen-bond donors (Lipinski definition) is 3. The van der Waals surface area contributed by atoms with Crippen molar-refractivity contribution >= 4 is 11.9 Å². The van der Waals surface area contributed by atoms with Gasteiger partial charge in [0, 0.05) is 43.8 Å². The van der Waals surface area contributed by atoms with Crippen molar-refractivity contribution in [3.05, 3.63) is 35.4 Å². The van der Waals surface area contributed by atoms with Gasteiger partial charge in [-0.1, -0.05) is 12.1 Å². The number of rotatable bonds is 11. The van der Waals surface area contributed by atoms with Gasteiger partial charge in [-0.05, 0) is 65.7 Å². The monoisotopic (exact) mass is 389 g/mol. The molecule has 0 aromatic heterocycles. The highest BCUT2D eigenvalue weighted by Crippen LogP contribution is 2.07. The van der Waals surface area contributed by atoms with Crippen molar-refractivity contribution in [2.75, 3.05) is 26.2 Å². The topological polar surface area (TPSA) is 68.8 Å². The maximum absolute atomic E-state index is 11.8. The molecule has 0 atom stereocenters. The minimum absolute atomic E-state index is 0.0376. The molecule has 0 spiro atoms. The van der Waals surface area contributed by atoms with Gasteiger partial charge in [0.05, 0.1) is 6.54 Å². The van der Waals surface area contributed by atoms with Crippen molar-refractivity contribution in [2.24, 2.45) is 4.99 Å². The number of hydrogen-bond acceptors (Lipinski definition) is 3. The van der Waals surface area contributed by atoms with E-state index in [2.05, 4.69) is 60.5 Å². The summed E-state index contributed by atoms with van der Waals surface area (Å²) < 4.78 is 0. The smallest absolute Gasteiger partial charge is 0.251 e. The molecule has 28 heavy (non-hydrogen) atoms. The second-order valence-electron chi connectivity index (χ2n) is 7.46. The van der Waals surface area contributed by atoms with Crippen LogP contribution in [0.1, 0.15) is 63.9 Å². The largest absolute Gasteiger partial charge is 0.357 e. The number of nitrogens with zero attached hydrogens (tertiary/aromatic N) is 2. The maximum atomic E-state index is 11.8. The summed E-state index contributed by atoms with van der Waals surface area (Å²) in [5, 5.41) is 9.52. The molecule has 0 saturated heterocycles. The lowest BCUT2D eigenvalue weighted by atomic mass is 10.1. The van der Waals surface area contributed by atoms with E-state index in [-0.39, 0.29) is 5.91 Å². The summed E-state index contributed by atoms with van der Waals surface area (Å²) in [6.07, 6.45) is 1.07. The average molecular weight is 390 g/mol. The van der Waals surface area contributed by atoms with Crippen LogP contribution in [0.15, 0.2) is 29.3 Å². The highest BCUT2D eigenvalue weighted by Gasteiger charge is 2.12. The van der Waals surface area contributed by atoms with E-state index in [1.165, 1.54) is 0 Å². The van der Waals surface area contributed by atoms with Gasteiger partial charge in [-0.15, -0.1) is 0 Å². The van der Waals surface area contributed by atoms with Gasteiger partial charge in [0.2, 0.25) is 0 Å². The fourth-order valence-corrected chi connectivity index (χ4v) is 3.12. The summed E-state index contributed by atoms with van der Waals surface area (Å²) in [6, 6.07) is 8.74. The number of amides is 1. The fraction of sp³-hybridized carbons (Fsp3) is 0.636. The number of carbonyl (C=O) groups is 1. The van der Waals surface area contributed by atoms with E-state index in [4.69, 9.17) is 0 Å². The molecule has 6 heteroatoms. The van der Waals surface area contributed by atoms with Gasteiger partial charge in [-0.3, -0.25) is 9.69 Å². The van der Waals surface area contributed by atoms with Crippen LogP contribution in [0.5, 0.6) is 0 Å². The lowest BCUT2D eigenvalue weighted by Crippen LogP contribution is -2.41. The molecule has 0 saturated carbocycles. The zero-order valence-electron chi connectivity index (χ0n) is 18.5. The number of nitrogens with one attached hydrogen (secondary N) is 3. The third-order valence-electron chi connectivity index (χ3n) is 4.53. The second-order valence-corrected chi connectivity index (χ2v) is 7.46. The van der Waals surface area contributed by atoms with E-state index >= 15 is 0 Å². The summed E-state index contributed by atoms with van der Waals surface area (Å²) in [7, 11) is 0. The zero-order chi connectivity index (χ0) is 20.9. The first-order valence-corrected chi connectivity index (χ1v) is 10.5. The van der Waals surface area contributed by atoms with Crippen LogP contribution in [0.4, 0.5) is 0 Å². The Morgan fingerprint density at radius 3 is 2.11 bits per heavy atom. The summed E-state index contributed by atoms with van der Waals surface area (Å²) in [6.45, 7) is 17.0. The minimum atomic E-state index is -0.0376. The SMILES string of the molecule is CCNC(=O)c1ccc(CN=C(NCC)NCCCN(C(C)C)C(C)C)cc1. The standard InChI is InChI=1S/C22H39N5O/c1-7-23-21(28)20-12-10-19(11-13-20)16-26-22(24-8-2)25-14-9-15-27(17(3)4)18(5)6/h10-13,17-18H,7-9,14-16H2,1-6H3,(H,23,28)(H2,24,25,26). The lowest BCUT2D eigenvalue weighted by molar-refractivity contribution is 0.0956. The molecule has 0 unspecified atom stereocenters. The Bertz CT molecular complexity index is 587. The average Bonchev–Trinajstić information content (AvgIpc) is 2.65. The van der Waals surface area contributed by atoms with E-state index < -0.39 is 0 Å². The molecule has 0 fully saturated rings. The van der Waals surface area contributed by atoms with Gasteiger partial charge in [0.1, 0.15) is 0 Å². The summed E-state index contributed by atoms with van der Waals surface area (Å²) in [5.74, 6) is 0.792. The van der Waals surface area contributed by atoms with Crippen LogP contribution in [-0.4, -0.2) is 55.0 Å². The van der Waals surface area contributed by atoms with E-state index in [0.29, 0.717) is 30.7 Å². The molecule has 158 valence electrons. The Balaban J connectivity index is 2.54. The van der Waals surface area contributed by atoms with Gasteiger partial charge in [0.15, 0.2) is 5.96 Å². The van der Waals surface area contributed by atoms with Crippen molar-refractivity contribution in [1.82, 2.24) is 20.9 Å². The van der Waals surface area contributed by atoms with Crippen molar-refractivity contribution in [3.8, 4) is 0 Å². The van der Waals surface area contributed by atoms with Crippen molar-refractivity contribution in [2.45, 2.75) is 66.6 Å². The minimum Gasteiger partial charge on any atom is -0.357 e. The Hall–Kier alpha value is -2.08. The number of benzene rings is 1. The highest BCUT2D eigenvalue weighted by molar-refractivity contribution is 5.94. The maximum Gasteiger partial charge on any atom is 0.251 e. The van der Waals surface area contributed by atoms with E-state index in [1.54, 1.807) is 0 Å². The van der Waals surface area contributed by atoms with Gasteiger partial charge in [-0.25, -0.2) is 4.99 Å². The molecule has 0 aliphatic rings. The highest BCUT2D eigenvalue weighted by atomic mass is 16.1. The Morgan fingerprint density at radius 1 is 0.964 bits per heavy atom. The Labute approximate surface area is 171 Å². The normalized spacial score (nSPS) is 12.0. The van der Waals surface area contributed by atoms with Crippen LogP contribution in [0.25, 0.3) is 0 Å². The van der Waals surface area contributed by atoms with Crippen molar-refractivity contribution in [1.29, 1.82) is 0 Å². The molecule has 1 rings (SSSR count). The molecule has 1 amide bonds. The van der Waals surface area contributed by atoms with Crippen LogP contribution >= 0.6 is 0 Å². The predicted molar refractivity (Wildman–Crippen MR) is 119 cm³/mol. The molecular formula is C22H39N5O. The quantitative estimate of drug-likeness (QED) is 0.309. The third-order valence-corrected chi connectivity index (χ3v) is 4.53. The second kappa shape index (κ2) is 13.2. The molecule has 3 N–H and O–H groups in total. The third kappa shape index (κ3) is 8.74. The van der Waals surface area contributed by atoms with Crippen LogP contribution < -0.4 is 16.0 Å². The molecule has 6 nitrogen and oxygen atoms in total. The summed E-state index contributed by atoms with van der Waals surface area (Å²) >= 11 is 0. The predicted octanol–water partition coefficient (Wildman–Crippen LogP) is 3.00. The molecule has 0 aliphatic carbocycles. The van der Waals surface area contributed by atoms with Gasteiger partial charge in [0.25, 0.3) is 5.91 Å². The van der Waals surface area contributed by atoms with Crippen molar-refractivity contribution < 1.29 is 4.79 Å². The van der Waals surface area contributed by atoms with Crippen LogP contribution in [-0.2, 0) is 6.54 Å². The first-order chi connectivity index (χ1) is 13.4. The molecule has 1 aromatic carbocycles. The molecular weight excluding hydrogens is 350 g/mol. The number of carbonyl (C=O) groups excluding carboxylic acids is 1. The number of guanidine groups is 1. The molecule has 0 bridgehead atoms. The lowest BCUT2D eigenvalue weighted by Gasteiger charge is -2.30. The van der Waals surface area contributed by atoms with E-state index in [1.807, 2.05) is 31.2 Å². The van der Waals surface area contributed by atoms with E-state index in [9.17, 15) is 4.79 Å². The molecule has 0 radical (unpaired) electrons. The first-order valence-electron chi connectivity index (χ1n) is 10.5. The molecule has 0 heterocycles. The van der Waals surface area contributed by atoms with Gasteiger partial charge >= 0.3 is 0 Å². The zero-order valence-corrected chi connectivity index (χ0v) is 18.5. The van der Waals surface area contributed by atoms with Crippen molar-refractivity contribution in [3.63, 3.8) is 0 Å². The van der Waals surface area contributed by atoms with Crippen LogP contribution in [0, 0.1) is 0 Å². The summed E-state index contributed by atoms with van der Waals surface area (Å²) in [5.41, 5.74) is 1.76. The first kappa shape index (κ1) is 24.0. The van der Waals surface area contributed by atoms with Gasteiger partial charge in [-0.2, -0.15) is 0 Å². The summed E-state index contributed by atoms with van der Waals surface area (Å²) in [4.78, 5) is 19.0. The fourth-order valence-electron chi connectivity index (χ4n) is 3.12. The van der Waals surface area contributed by atoms with Crippen LogP contribution in [0.2, 0.25) is 0 Å². The van der Waals surface area contributed by atoms with Gasteiger partial charge < -0.3 is 16.0 Å². The molecule has 1 aromatic rings.